The van der Waals surface area contributed by atoms with Gasteiger partial charge in [0.1, 0.15) is 0 Å². The van der Waals surface area contributed by atoms with Crippen molar-refractivity contribution in [1.82, 2.24) is 15.1 Å². The second-order valence-electron chi connectivity index (χ2n) is 5.46. The normalized spacial score (nSPS) is 12.9. The molecule has 3 N–H and O–H groups in total. The van der Waals surface area contributed by atoms with Gasteiger partial charge in [0.05, 0.1) is 6.54 Å². The van der Waals surface area contributed by atoms with E-state index in [4.69, 9.17) is 10.2 Å². The van der Waals surface area contributed by atoms with Gasteiger partial charge >= 0.3 is 0 Å². The lowest BCUT2D eigenvalue weighted by atomic mass is 10.2. The molecule has 1 aliphatic heterocycles. The fraction of sp³-hybridized carbons (Fsp3) is 0.600. The van der Waals surface area contributed by atoms with E-state index >= 15 is 0 Å². The van der Waals surface area contributed by atoms with Crippen LogP contribution in [0.2, 0.25) is 0 Å². The zero-order chi connectivity index (χ0) is 21.1. The van der Waals surface area contributed by atoms with Gasteiger partial charge in [0.15, 0.2) is 0 Å². The summed E-state index contributed by atoms with van der Waals surface area (Å²) in [5.74, 6) is -0.222. The number of carbonyl (C=O) groups is 2. The number of likely N-dealkylation sites (N-methyl/N-ethyl adjacent to an activating group) is 1. The SMILES string of the molecule is CC.CCCO.CN1CCN(C(=O)CNC(=O)c2ccccc2)CC1.CO. The summed E-state index contributed by atoms with van der Waals surface area (Å²) in [7, 11) is 3.04. The van der Waals surface area contributed by atoms with Crippen LogP contribution < -0.4 is 5.32 Å². The lowest BCUT2D eigenvalue weighted by Crippen LogP contribution is -2.50. The first kappa shape index (κ1) is 27.3. The number of nitrogens with one attached hydrogen (secondary N) is 1. The van der Waals surface area contributed by atoms with E-state index in [0.717, 1.165) is 39.7 Å². The van der Waals surface area contributed by atoms with Crippen molar-refractivity contribution >= 4 is 11.8 Å². The lowest BCUT2D eigenvalue weighted by Gasteiger charge is -2.32. The molecule has 27 heavy (non-hydrogen) atoms. The summed E-state index contributed by atoms with van der Waals surface area (Å²) in [5, 5.41) is 17.5. The lowest BCUT2D eigenvalue weighted by molar-refractivity contribution is -0.131. The average Bonchev–Trinajstić information content (AvgIpc) is 2.76. The van der Waals surface area contributed by atoms with Crippen molar-refractivity contribution in [1.29, 1.82) is 0 Å². The first-order chi connectivity index (χ1) is 13.1. The van der Waals surface area contributed by atoms with Gasteiger partial charge in [-0.25, -0.2) is 0 Å². The molecule has 7 nitrogen and oxygen atoms in total. The van der Waals surface area contributed by atoms with Crippen LogP contribution in [0.1, 0.15) is 37.6 Å². The highest BCUT2D eigenvalue weighted by Gasteiger charge is 2.19. The van der Waals surface area contributed by atoms with Gasteiger partial charge in [0.25, 0.3) is 5.91 Å². The molecule has 0 aromatic heterocycles. The van der Waals surface area contributed by atoms with Crippen molar-refractivity contribution in [2.75, 3.05) is 53.5 Å². The molecule has 1 aliphatic rings. The highest BCUT2D eigenvalue weighted by molar-refractivity contribution is 5.96. The number of benzene rings is 1. The van der Waals surface area contributed by atoms with Gasteiger partial charge in [-0.2, -0.15) is 0 Å². The van der Waals surface area contributed by atoms with E-state index in [2.05, 4.69) is 10.2 Å². The number of amides is 2. The van der Waals surface area contributed by atoms with Gasteiger partial charge < -0.3 is 25.3 Å². The number of hydrogen-bond acceptors (Lipinski definition) is 5. The molecule has 2 amide bonds. The number of aliphatic hydroxyl groups excluding tert-OH is 2. The molecule has 0 saturated carbocycles. The quantitative estimate of drug-likeness (QED) is 0.727. The van der Waals surface area contributed by atoms with Crippen molar-refractivity contribution in [3.8, 4) is 0 Å². The third-order valence-corrected chi connectivity index (χ3v) is 3.52. The van der Waals surface area contributed by atoms with E-state index in [1.807, 2.05) is 33.9 Å². The van der Waals surface area contributed by atoms with Gasteiger partial charge in [0, 0.05) is 45.5 Å². The van der Waals surface area contributed by atoms with Gasteiger partial charge in [-0.3, -0.25) is 9.59 Å². The second kappa shape index (κ2) is 18.8. The molecule has 0 unspecified atom stereocenters. The predicted octanol–water partition coefficient (Wildman–Crippen LogP) is 1.21. The van der Waals surface area contributed by atoms with Gasteiger partial charge in [-0.05, 0) is 25.6 Å². The van der Waals surface area contributed by atoms with Crippen LogP contribution in [-0.2, 0) is 4.79 Å². The summed E-state index contributed by atoms with van der Waals surface area (Å²) in [5.41, 5.74) is 0.577. The van der Waals surface area contributed by atoms with E-state index in [0.29, 0.717) is 12.2 Å². The average molecular weight is 384 g/mol. The highest BCUT2D eigenvalue weighted by Crippen LogP contribution is 2.00. The van der Waals surface area contributed by atoms with Crippen molar-refractivity contribution in [3.63, 3.8) is 0 Å². The third-order valence-electron chi connectivity index (χ3n) is 3.52. The predicted molar refractivity (Wildman–Crippen MR) is 110 cm³/mol. The Kier molecular flexibility index (Phi) is 19.0. The van der Waals surface area contributed by atoms with Crippen molar-refractivity contribution in [3.05, 3.63) is 35.9 Å². The zero-order valence-electron chi connectivity index (χ0n) is 17.4. The molecule has 0 bridgehead atoms. The molecule has 0 aliphatic carbocycles. The topological polar surface area (TPSA) is 93.1 Å². The molecule has 1 aromatic carbocycles. The summed E-state index contributed by atoms with van der Waals surface area (Å²) in [4.78, 5) is 27.7. The molecule has 0 radical (unpaired) electrons. The van der Waals surface area contributed by atoms with E-state index in [9.17, 15) is 9.59 Å². The minimum absolute atomic E-state index is 0.0163. The molecular formula is C20H37N3O4. The summed E-state index contributed by atoms with van der Waals surface area (Å²) < 4.78 is 0. The van der Waals surface area contributed by atoms with E-state index in [-0.39, 0.29) is 18.4 Å². The van der Waals surface area contributed by atoms with E-state index < -0.39 is 0 Å². The Morgan fingerprint density at radius 3 is 1.96 bits per heavy atom. The van der Waals surface area contributed by atoms with Crippen LogP contribution >= 0.6 is 0 Å². The Balaban J connectivity index is 0. The fourth-order valence-corrected chi connectivity index (χ4v) is 2.02. The molecular weight excluding hydrogens is 346 g/mol. The van der Waals surface area contributed by atoms with Gasteiger partial charge in [-0.15, -0.1) is 0 Å². The number of carbonyl (C=O) groups excluding carboxylic acids is 2. The Hall–Kier alpha value is -1.96. The number of nitrogens with zero attached hydrogens (tertiary/aromatic N) is 2. The zero-order valence-corrected chi connectivity index (χ0v) is 17.4. The summed E-state index contributed by atoms with van der Waals surface area (Å²) in [6.45, 7) is 9.56. The van der Waals surface area contributed by atoms with Crippen LogP contribution in [-0.4, -0.2) is 85.3 Å². The third kappa shape index (κ3) is 12.9. The van der Waals surface area contributed by atoms with E-state index in [1.54, 1.807) is 29.2 Å². The van der Waals surface area contributed by atoms with Crippen LogP contribution in [0.4, 0.5) is 0 Å². The van der Waals surface area contributed by atoms with Gasteiger partial charge in [0.2, 0.25) is 5.91 Å². The molecule has 1 heterocycles. The number of aliphatic hydroxyl groups is 2. The monoisotopic (exact) mass is 383 g/mol. The molecule has 0 spiro atoms. The Bertz CT molecular complexity index is 473. The van der Waals surface area contributed by atoms with E-state index in [1.165, 1.54) is 0 Å². The molecule has 7 heteroatoms. The fourth-order valence-electron chi connectivity index (χ4n) is 2.02. The molecule has 2 rings (SSSR count). The summed E-state index contributed by atoms with van der Waals surface area (Å²) in [6.07, 6.45) is 0.875. The maximum absolute atomic E-state index is 11.9. The number of piperazine rings is 1. The Morgan fingerprint density at radius 2 is 1.52 bits per heavy atom. The van der Waals surface area contributed by atoms with Crippen LogP contribution in [0.25, 0.3) is 0 Å². The first-order valence-electron chi connectivity index (χ1n) is 9.43. The van der Waals surface area contributed by atoms with Crippen LogP contribution in [0, 0.1) is 0 Å². The minimum atomic E-state index is -0.205. The molecule has 1 fully saturated rings. The van der Waals surface area contributed by atoms with Gasteiger partial charge in [-0.1, -0.05) is 39.0 Å². The molecule has 1 saturated heterocycles. The van der Waals surface area contributed by atoms with Crippen LogP contribution in [0.3, 0.4) is 0 Å². The maximum atomic E-state index is 11.9. The maximum Gasteiger partial charge on any atom is 0.251 e. The number of hydrogen-bond donors (Lipinski definition) is 3. The van der Waals surface area contributed by atoms with Crippen LogP contribution in [0.5, 0.6) is 0 Å². The molecule has 156 valence electrons. The van der Waals surface area contributed by atoms with Crippen molar-refractivity contribution in [2.45, 2.75) is 27.2 Å². The Labute approximate surface area is 164 Å². The van der Waals surface area contributed by atoms with Crippen molar-refractivity contribution in [2.24, 2.45) is 0 Å². The first-order valence-corrected chi connectivity index (χ1v) is 9.43. The molecule has 1 aromatic rings. The summed E-state index contributed by atoms with van der Waals surface area (Å²) in [6, 6.07) is 8.92. The van der Waals surface area contributed by atoms with Crippen molar-refractivity contribution < 1.29 is 19.8 Å². The number of rotatable bonds is 4. The highest BCUT2D eigenvalue weighted by atomic mass is 16.3. The smallest absolute Gasteiger partial charge is 0.251 e. The van der Waals surface area contributed by atoms with Crippen LogP contribution in [0.15, 0.2) is 30.3 Å². The second-order valence-corrected chi connectivity index (χ2v) is 5.46. The minimum Gasteiger partial charge on any atom is -0.400 e. The summed E-state index contributed by atoms with van der Waals surface area (Å²) >= 11 is 0. The standard InChI is InChI=1S/C14H19N3O2.C3H8O.C2H6.CH4O/c1-16-7-9-17(10-8-16)13(18)11-15-14(19)12-5-3-2-4-6-12;1-2-3-4;2*1-2/h2-6H,7-11H2,1H3,(H,15,19);4H,2-3H2,1H3;1-2H3;2H,1H3. The largest absolute Gasteiger partial charge is 0.400 e. The Morgan fingerprint density at radius 1 is 1.04 bits per heavy atom. The molecule has 0 atom stereocenters.